The third-order valence-electron chi connectivity index (χ3n) is 4.18. The number of hydrogen-bond donors (Lipinski definition) is 1. The largest absolute Gasteiger partial charge is 0.343 e. The predicted molar refractivity (Wildman–Crippen MR) is 94.6 cm³/mol. The summed E-state index contributed by atoms with van der Waals surface area (Å²) in [6.07, 6.45) is 4.11. The van der Waals surface area contributed by atoms with Crippen LogP contribution in [0.1, 0.15) is 25.7 Å². The van der Waals surface area contributed by atoms with Gasteiger partial charge in [0.15, 0.2) is 0 Å². The number of rotatable bonds is 7. The van der Waals surface area contributed by atoms with E-state index in [2.05, 4.69) is 5.32 Å². The fraction of sp³-hybridized carbons (Fsp3) is 0.588. The van der Waals surface area contributed by atoms with E-state index in [-0.39, 0.29) is 5.91 Å². The number of hydrogen-bond acceptors (Lipinski definition) is 3. The van der Waals surface area contributed by atoms with Crippen molar-refractivity contribution in [1.29, 1.82) is 0 Å². The summed E-state index contributed by atoms with van der Waals surface area (Å²) in [6.45, 7) is 2.92. The maximum absolute atomic E-state index is 12.3. The molecule has 0 aromatic heterocycles. The molecule has 0 unspecified atom stereocenters. The minimum Gasteiger partial charge on any atom is -0.343 e. The highest BCUT2D eigenvalue weighted by Gasteiger charge is 2.22. The van der Waals surface area contributed by atoms with Gasteiger partial charge in [-0.05, 0) is 50.9 Å². The number of thioether (sulfide) groups is 1. The van der Waals surface area contributed by atoms with Crippen molar-refractivity contribution in [3.63, 3.8) is 0 Å². The summed E-state index contributed by atoms with van der Waals surface area (Å²) in [4.78, 5) is 15.4. The molecule has 0 bridgehead atoms. The number of nitrogens with one attached hydrogen (secondary N) is 1. The van der Waals surface area contributed by atoms with Gasteiger partial charge in [0.05, 0.1) is 5.02 Å². The van der Waals surface area contributed by atoms with Crippen LogP contribution in [0.2, 0.25) is 5.02 Å². The molecule has 1 saturated heterocycles. The van der Waals surface area contributed by atoms with Crippen LogP contribution < -0.4 is 5.32 Å². The molecule has 0 radical (unpaired) electrons. The van der Waals surface area contributed by atoms with Crippen LogP contribution in [0, 0.1) is 5.92 Å². The van der Waals surface area contributed by atoms with Crippen LogP contribution in [0.4, 0.5) is 0 Å². The van der Waals surface area contributed by atoms with E-state index < -0.39 is 0 Å². The van der Waals surface area contributed by atoms with Crippen LogP contribution in [0.15, 0.2) is 29.2 Å². The smallest absolute Gasteiger partial charge is 0.223 e. The minimum atomic E-state index is 0.284. The van der Waals surface area contributed by atoms with E-state index in [4.69, 9.17) is 11.6 Å². The zero-order chi connectivity index (χ0) is 15.8. The van der Waals surface area contributed by atoms with Crippen LogP contribution in [0.3, 0.4) is 0 Å². The molecule has 1 N–H and O–H groups in total. The average Bonchev–Trinajstić information content (AvgIpc) is 2.55. The molecule has 22 heavy (non-hydrogen) atoms. The van der Waals surface area contributed by atoms with Crippen molar-refractivity contribution < 1.29 is 4.79 Å². The van der Waals surface area contributed by atoms with Crippen LogP contribution in [0.5, 0.6) is 0 Å². The van der Waals surface area contributed by atoms with Gasteiger partial charge in [-0.3, -0.25) is 4.79 Å². The van der Waals surface area contributed by atoms with Crippen molar-refractivity contribution in [1.82, 2.24) is 10.2 Å². The topological polar surface area (TPSA) is 32.3 Å². The number of halogens is 1. The van der Waals surface area contributed by atoms with E-state index >= 15 is 0 Å². The Labute approximate surface area is 142 Å². The molecule has 1 amide bonds. The Balaban J connectivity index is 1.67. The Bertz CT molecular complexity index is 475. The maximum atomic E-state index is 12.3. The summed E-state index contributed by atoms with van der Waals surface area (Å²) in [7, 11) is 2.00. The van der Waals surface area contributed by atoms with E-state index in [9.17, 15) is 4.79 Å². The lowest BCUT2D eigenvalue weighted by molar-refractivity contribution is -0.132. The molecule has 122 valence electrons. The second-order valence-corrected chi connectivity index (χ2v) is 7.29. The molecule has 0 aliphatic carbocycles. The van der Waals surface area contributed by atoms with Gasteiger partial charge in [0.1, 0.15) is 0 Å². The van der Waals surface area contributed by atoms with E-state index in [1.807, 2.05) is 36.2 Å². The fourth-order valence-corrected chi connectivity index (χ4v) is 3.96. The number of nitrogens with zero attached hydrogens (tertiary/aromatic N) is 1. The normalized spacial score (nSPS) is 16.0. The predicted octanol–water partition coefficient (Wildman–Crippen LogP) is 3.67. The molecule has 0 atom stereocenters. The standard InChI is InChI=1S/C17H25ClN2OS/c1-19-10-6-14-7-11-20(12-8-14)17(21)9-13-22-16-5-3-2-4-15(16)18/h2-5,14,19H,6-13H2,1H3. The summed E-state index contributed by atoms with van der Waals surface area (Å²) >= 11 is 7.79. The lowest BCUT2D eigenvalue weighted by atomic mass is 9.93. The van der Waals surface area contributed by atoms with Crippen LogP contribution in [-0.4, -0.2) is 43.2 Å². The number of piperidine rings is 1. The van der Waals surface area contributed by atoms with Crippen molar-refractivity contribution in [3.05, 3.63) is 29.3 Å². The van der Waals surface area contributed by atoms with Gasteiger partial charge in [0.25, 0.3) is 0 Å². The van der Waals surface area contributed by atoms with E-state index in [1.165, 1.54) is 6.42 Å². The molecule has 5 heteroatoms. The molecule has 1 aromatic rings. The first-order valence-corrected chi connectivity index (χ1v) is 9.36. The maximum Gasteiger partial charge on any atom is 0.223 e. The number of carbonyl (C=O) groups is 1. The monoisotopic (exact) mass is 340 g/mol. The molecular formula is C17H25ClN2OS. The lowest BCUT2D eigenvalue weighted by Gasteiger charge is -2.32. The van der Waals surface area contributed by atoms with Gasteiger partial charge >= 0.3 is 0 Å². The zero-order valence-corrected chi connectivity index (χ0v) is 14.8. The van der Waals surface area contributed by atoms with Gasteiger partial charge in [-0.15, -0.1) is 11.8 Å². The summed E-state index contributed by atoms with van der Waals surface area (Å²) in [5, 5.41) is 3.97. The Morgan fingerprint density at radius 1 is 1.36 bits per heavy atom. The Morgan fingerprint density at radius 2 is 2.09 bits per heavy atom. The number of benzene rings is 1. The number of likely N-dealkylation sites (tertiary alicyclic amines) is 1. The van der Waals surface area contributed by atoms with Gasteiger partial charge in [-0.25, -0.2) is 0 Å². The third kappa shape index (κ3) is 5.49. The van der Waals surface area contributed by atoms with Gasteiger partial charge < -0.3 is 10.2 Å². The van der Waals surface area contributed by atoms with Crippen molar-refractivity contribution in [3.8, 4) is 0 Å². The summed E-state index contributed by atoms with van der Waals surface area (Å²) in [6, 6.07) is 7.80. The Hall–Kier alpha value is -0.710. The van der Waals surface area contributed by atoms with Crippen LogP contribution >= 0.6 is 23.4 Å². The summed E-state index contributed by atoms with van der Waals surface area (Å²) in [5.41, 5.74) is 0. The third-order valence-corrected chi connectivity index (χ3v) is 5.70. The highest BCUT2D eigenvalue weighted by Crippen LogP contribution is 2.27. The number of amides is 1. The lowest BCUT2D eigenvalue weighted by Crippen LogP contribution is -2.39. The molecule has 1 fully saturated rings. The first kappa shape index (κ1) is 17.6. The van der Waals surface area contributed by atoms with Crippen LogP contribution in [0.25, 0.3) is 0 Å². The molecule has 1 aliphatic rings. The molecule has 3 nitrogen and oxygen atoms in total. The second-order valence-electron chi connectivity index (χ2n) is 5.75. The Kier molecular flexibility index (Phi) is 7.56. The minimum absolute atomic E-state index is 0.284. The average molecular weight is 341 g/mol. The molecule has 0 saturated carbocycles. The first-order valence-electron chi connectivity index (χ1n) is 8.00. The van der Waals surface area contributed by atoms with Crippen molar-refractivity contribution in [2.45, 2.75) is 30.6 Å². The van der Waals surface area contributed by atoms with E-state index in [0.29, 0.717) is 6.42 Å². The van der Waals surface area contributed by atoms with Crippen molar-refractivity contribution >= 4 is 29.3 Å². The fourth-order valence-electron chi connectivity index (χ4n) is 2.79. The molecule has 1 heterocycles. The van der Waals surface area contributed by atoms with E-state index in [1.54, 1.807) is 11.8 Å². The molecule has 1 aliphatic heterocycles. The van der Waals surface area contributed by atoms with Crippen molar-refractivity contribution in [2.24, 2.45) is 5.92 Å². The van der Waals surface area contributed by atoms with Gasteiger partial charge in [-0.2, -0.15) is 0 Å². The number of carbonyl (C=O) groups excluding carboxylic acids is 1. The highest BCUT2D eigenvalue weighted by molar-refractivity contribution is 7.99. The molecular weight excluding hydrogens is 316 g/mol. The SMILES string of the molecule is CNCCC1CCN(C(=O)CCSc2ccccc2Cl)CC1. The highest BCUT2D eigenvalue weighted by atomic mass is 35.5. The molecule has 2 rings (SSSR count). The van der Waals surface area contributed by atoms with E-state index in [0.717, 1.165) is 54.1 Å². The molecule has 1 aromatic carbocycles. The summed E-state index contributed by atoms with van der Waals surface area (Å²) < 4.78 is 0. The van der Waals surface area contributed by atoms with Gasteiger partial charge in [0.2, 0.25) is 5.91 Å². The van der Waals surface area contributed by atoms with Gasteiger partial charge in [-0.1, -0.05) is 23.7 Å². The molecule has 0 spiro atoms. The quantitative estimate of drug-likeness (QED) is 0.769. The van der Waals surface area contributed by atoms with Crippen molar-refractivity contribution in [2.75, 3.05) is 32.4 Å². The summed E-state index contributed by atoms with van der Waals surface area (Å²) in [5.74, 6) is 1.85. The van der Waals surface area contributed by atoms with Crippen LogP contribution in [-0.2, 0) is 4.79 Å². The second kappa shape index (κ2) is 9.43. The first-order chi connectivity index (χ1) is 10.7. The zero-order valence-electron chi connectivity index (χ0n) is 13.2. The Morgan fingerprint density at radius 3 is 2.77 bits per heavy atom. The van der Waals surface area contributed by atoms with Gasteiger partial charge in [0, 0.05) is 30.2 Å².